The second-order valence-electron chi connectivity index (χ2n) is 4.77. The van der Waals surface area contributed by atoms with E-state index in [0.29, 0.717) is 24.0 Å². The minimum absolute atomic E-state index is 0.0599. The third-order valence-corrected chi connectivity index (χ3v) is 5.19. The molecular weight excluding hydrogens is 280 g/mol. The molecule has 0 unspecified atom stereocenters. The third kappa shape index (κ3) is 2.81. The zero-order valence-electron chi connectivity index (χ0n) is 10.9. The molecule has 0 atom stereocenters. The number of carboxylic acid groups (broad SMARTS) is 1. The number of nitrogens with zero attached hydrogens (tertiary/aromatic N) is 2. The standard InChI is InChI=1S/C13H14N2O4S/c1-9-6-10(7-14)2-5-12(9)20(18,19)15(8-13(16)17)11-3-4-11/h2,5-6,11H,3-4,8H2,1H3,(H,16,17). The summed E-state index contributed by atoms with van der Waals surface area (Å²) in [5.74, 6) is -1.17. The van der Waals surface area contributed by atoms with Gasteiger partial charge in [0.1, 0.15) is 6.54 Å². The number of sulfonamides is 1. The van der Waals surface area contributed by atoms with Crippen LogP contribution in [0.25, 0.3) is 0 Å². The highest BCUT2D eigenvalue weighted by Crippen LogP contribution is 2.32. The number of nitriles is 1. The van der Waals surface area contributed by atoms with Crippen molar-refractivity contribution in [3.05, 3.63) is 29.3 Å². The molecule has 0 saturated heterocycles. The Labute approximate surface area is 117 Å². The normalized spacial score (nSPS) is 15.1. The molecule has 7 heteroatoms. The molecule has 1 N–H and O–H groups in total. The molecule has 0 radical (unpaired) electrons. The van der Waals surface area contributed by atoms with Gasteiger partial charge in [-0.2, -0.15) is 9.57 Å². The van der Waals surface area contributed by atoms with Crippen molar-refractivity contribution in [3.8, 4) is 6.07 Å². The fraction of sp³-hybridized carbons (Fsp3) is 0.385. The fourth-order valence-corrected chi connectivity index (χ4v) is 3.88. The highest BCUT2D eigenvalue weighted by molar-refractivity contribution is 7.89. The minimum atomic E-state index is -3.85. The Hall–Kier alpha value is -1.91. The van der Waals surface area contributed by atoms with Gasteiger partial charge in [-0.05, 0) is 43.5 Å². The summed E-state index contributed by atoms with van der Waals surface area (Å²) in [6.07, 6.45) is 1.36. The van der Waals surface area contributed by atoms with Crippen molar-refractivity contribution < 1.29 is 18.3 Å². The molecule has 1 aromatic carbocycles. The highest BCUT2D eigenvalue weighted by atomic mass is 32.2. The maximum atomic E-state index is 12.5. The summed E-state index contributed by atoms with van der Waals surface area (Å²) < 4.78 is 26.1. The Balaban J connectivity index is 2.43. The summed E-state index contributed by atoms with van der Waals surface area (Å²) >= 11 is 0. The monoisotopic (exact) mass is 294 g/mol. The van der Waals surface area contributed by atoms with Crippen LogP contribution >= 0.6 is 0 Å². The smallest absolute Gasteiger partial charge is 0.318 e. The molecule has 20 heavy (non-hydrogen) atoms. The Morgan fingerprint density at radius 1 is 1.50 bits per heavy atom. The minimum Gasteiger partial charge on any atom is -0.480 e. The predicted molar refractivity (Wildman–Crippen MR) is 70.4 cm³/mol. The maximum absolute atomic E-state index is 12.5. The van der Waals surface area contributed by atoms with Gasteiger partial charge in [-0.15, -0.1) is 0 Å². The number of hydrogen-bond donors (Lipinski definition) is 1. The van der Waals surface area contributed by atoms with Crippen molar-refractivity contribution in [2.75, 3.05) is 6.54 Å². The Morgan fingerprint density at radius 2 is 2.15 bits per heavy atom. The molecule has 106 valence electrons. The lowest BCUT2D eigenvalue weighted by Crippen LogP contribution is -2.37. The Morgan fingerprint density at radius 3 is 2.60 bits per heavy atom. The van der Waals surface area contributed by atoms with Gasteiger partial charge in [-0.25, -0.2) is 8.42 Å². The van der Waals surface area contributed by atoms with Gasteiger partial charge in [0.15, 0.2) is 0 Å². The first-order valence-electron chi connectivity index (χ1n) is 6.10. The van der Waals surface area contributed by atoms with Gasteiger partial charge in [0.25, 0.3) is 0 Å². The Kier molecular flexibility index (Phi) is 3.79. The first-order chi connectivity index (χ1) is 9.36. The van der Waals surface area contributed by atoms with Crippen LogP contribution in [0.15, 0.2) is 23.1 Å². The van der Waals surface area contributed by atoms with E-state index in [-0.39, 0.29) is 10.9 Å². The lowest BCUT2D eigenvalue weighted by atomic mass is 10.2. The number of benzene rings is 1. The molecule has 0 aliphatic heterocycles. The van der Waals surface area contributed by atoms with Gasteiger partial charge in [0.2, 0.25) is 10.0 Å². The molecule has 1 fully saturated rings. The Bertz CT molecular complexity index is 687. The van der Waals surface area contributed by atoms with E-state index in [1.807, 2.05) is 6.07 Å². The van der Waals surface area contributed by atoms with Gasteiger partial charge < -0.3 is 5.11 Å². The second kappa shape index (κ2) is 5.23. The van der Waals surface area contributed by atoms with E-state index < -0.39 is 22.5 Å². The highest BCUT2D eigenvalue weighted by Gasteiger charge is 2.39. The largest absolute Gasteiger partial charge is 0.480 e. The van der Waals surface area contributed by atoms with Gasteiger partial charge in [0.05, 0.1) is 16.5 Å². The first kappa shape index (κ1) is 14.5. The van der Waals surface area contributed by atoms with Crippen LogP contribution in [0.2, 0.25) is 0 Å². The van der Waals surface area contributed by atoms with Crippen LogP contribution in [-0.4, -0.2) is 36.4 Å². The van der Waals surface area contributed by atoms with Crippen LogP contribution in [0.1, 0.15) is 24.0 Å². The molecule has 1 aliphatic rings. The molecular formula is C13H14N2O4S. The van der Waals surface area contributed by atoms with E-state index in [4.69, 9.17) is 10.4 Å². The number of rotatable bonds is 5. The average molecular weight is 294 g/mol. The van der Waals surface area contributed by atoms with Gasteiger partial charge in [-0.1, -0.05) is 0 Å². The molecule has 6 nitrogen and oxygen atoms in total. The van der Waals surface area contributed by atoms with Crippen molar-refractivity contribution in [1.82, 2.24) is 4.31 Å². The molecule has 1 aromatic rings. The maximum Gasteiger partial charge on any atom is 0.318 e. The average Bonchev–Trinajstić information content (AvgIpc) is 3.19. The number of aryl methyl sites for hydroxylation is 1. The SMILES string of the molecule is Cc1cc(C#N)ccc1S(=O)(=O)N(CC(=O)O)C1CC1. The van der Waals surface area contributed by atoms with Crippen molar-refractivity contribution >= 4 is 16.0 Å². The summed E-state index contributed by atoms with van der Waals surface area (Å²) in [5.41, 5.74) is 0.817. The second-order valence-corrected chi connectivity index (χ2v) is 6.63. The van der Waals surface area contributed by atoms with E-state index in [2.05, 4.69) is 0 Å². The van der Waals surface area contributed by atoms with E-state index >= 15 is 0 Å². The van der Waals surface area contributed by atoms with Gasteiger partial charge in [0, 0.05) is 6.04 Å². The third-order valence-electron chi connectivity index (χ3n) is 3.14. The number of carboxylic acids is 1. The number of aliphatic carboxylic acids is 1. The van der Waals surface area contributed by atoms with Crippen molar-refractivity contribution in [1.29, 1.82) is 5.26 Å². The zero-order chi connectivity index (χ0) is 14.9. The van der Waals surface area contributed by atoms with Crippen molar-refractivity contribution in [3.63, 3.8) is 0 Å². The van der Waals surface area contributed by atoms with Crippen LogP contribution in [0.3, 0.4) is 0 Å². The molecule has 0 amide bonds. The molecule has 0 bridgehead atoms. The van der Waals surface area contributed by atoms with E-state index in [1.54, 1.807) is 6.92 Å². The van der Waals surface area contributed by atoms with Crippen LogP contribution in [0.4, 0.5) is 0 Å². The predicted octanol–water partition coefficient (Wildman–Crippen LogP) is 1.10. The van der Waals surface area contributed by atoms with E-state index in [9.17, 15) is 13.2 Å². The molecule has 0 heterocycles. The van der Waals surface area contributed by atoms with Crippen LogP contribution < -0.4 is 0 Å². The quantitative estimate of drug-likeness (QED) is 0.877. The lowest BCUT2D eigenvalue weighted by molar-refractivity contribution is -0.137. The number of hydrogen-bond acceptors (Lipinski definition) is 4. The first-order valence-corrected chi connectivity index (χ1v) is 7.54. The molecule has 1 saturated carbocycles. The molecule has 0 aromatic heterocycles. The zero-order valence-corrected chi connectivity index (χ0v) is 11.7. The van der Waals surface area contributed by atoms with E-state index in [1.165, 1.54) is 18.2 Å². The van der Waals surface area contributed by atoms with Crippen molar-refractivity contribution in [2.24, 2.45) is 0 Å². The molecule has 0 spiro atoms. The van der Waals surface area contributed by atoms with Crippen LogP contribution in [-0.2, 0) is 14.8 Å². The lowest BCUT2D eigenvalue weighted by Gasteiger charge is -2.21. The summed E-state index contributed by atoms with van der Waals surface area (Å²) in [7, 11) is -3.85. The van der Waals surface area contributed by atoms with E-state index in [0.717, 1.165) is 4.31 Å². The molecule has 2 rings (SSSR count). The number of carbonyl (C=O) groups is 1. The van der Waals surface area contributed by atoms with Crippen LogP contribution in [0, 0.1) is 18.3 Å². The van der Waals surface area contributed by atoms with Gasteiger partial charge in [-0.3, -0.25) is 4.79 Å². The fourth-order valence-electron chi connectivity index (χ4n) is 2.04. The summed E-state index contributed by atoms with van der Waals surface area (Å²) in [6, 6.07) is 5.98. The summed E-state index contributed by atoms with van der Waals surface area (Å²) in [6.45, 7) is 1.06. The van der Waals surface area contributed by atoms with Crippen molar-refractivity contribution in [2.45, 2.75) is 30.7 Å². The molecule has 1 aliphatic carbocycles. The van der Waals surface area contributed by atoms with Crippen LogP contribution in [0.5, 0.6) is 0 Å². The van der Waals surface area contributed by atoms with Gasteiger partial charge >= 0.3 is 5.97 Å². The summed E-state index contributed by atoms with van der Waals surface area (Å²) in [5, 5.41) is 17.7. The summed E-state index contributed by atoms with van der Waals surface area (Å²) in [4.78, 5) is 10.9. The topological polar surface area (TPSA) is 98.5 Å².